The lowest BCUT2D eigenvalue weighted by molar-refractivity contribution is 0.0943. The quantitative estimate of drug-likeness (QED) is 0.180. The zero-order valence-electron chi connectivity index (χ0n) is 11.8. The molecular formula is C11H20N6O4. The van der Waals surface area contributed by atoms with Crippen molar-refractivity contribution in [2.45, 2.75) is 18.9 Å². The fraction of sp³-hybridized carbons (Fsp3) is 0.636. The van der Waals surface area contributed by atoms with Gasteiger partial charge in [-0.2, -0.15) is 0 Å². The van der Waals surface area contributed by atoms with E-state index in [1.807, 2.05) is 0 Å². The Morgan fingerprint density at radius 2 is 2.38 bits per heavy atom. The lowest BCUT2D eigenvalue weighted by atomic mass is 10.1. The van der Waals surface area contributed by atoms with Gasteiger partial charge in [0.2, 0.25) is 11.6 Å². The largest absolute Gasteiger partial charge is 0.439 e. The third-order valence-corrected chi connectivity index (χ3v) is 2.58. The lowest BCUT2D eigenvalue weighted by Crippen LogP contribution is -2.34. The standard InChI is InChI=1S/C11H20N6O4/c1-20-6-5-15-10(13)14-4-2-3-7(12)8(18)9-16-11(19)21-17-9/h7H,2-6,12H2,1H3,(H3,13,14,15)(H,16,17,19)/t7-/m0/s1. The Bertz CT molecular complexity index is 523. The van der Waals surface area contributed by atoms with Crippen molar-refractivity contribution in [3.05, 3.63) is 16.4 Å². The maximum Gasteiger partial charge on any atom is 0.439 e. The topological polar surface area (TPSA) is 162 Å². The number of ketones is 1. The summed E-state index contributed by atoms with van der Waals surface area (Å²) in [5.74, 6) is -1.12. The summed E-state index contributed by atoms with van der Waals surface area (Å²) >= 11 is 0. The van der Waals surface area contributed by atoms with Crippen molar-refractivity contribution in [1.29, 1.82) is 0 Å². The maximum absolute atomic E-state index is 11.8. The Hall–Kier alpha value is -2.20. The van der Waals surface area contributed by atoms with Gasteiger partial charge in [-0.3, -0.25) is 19.3 Å². The molecule has 10 nitrogen and oxygen atoms in total. The van der Waals surface area contributed by atoms with E-state index in [9.17, 15) is 9.59 Å². The molecule has 118 valence electrons. The van der Waals surface area contributed by atoms with Crippen LogP contribution in [0.15, 0.2) is 14.3 Å². The number of nitrogens with two attached hydrogens (primary N) is 2. The number of methoxy groups -OCH3 is 1. The minimum atomic E-state index is -0.787. The highest BCUT2D eigenvalue weighted by Gasteiger charge is 2.19. The van der Waals surface area contributed by atoms with E-state index in [1.165, 1.54) is 0 Å². The number of guanidine groups is 1. The van der Waals surface area contributed by atoms with Gasteiger partial charge >= 0.3 is 5.76 Å². The summed E-state index contributed by atoms with van der Waals surface area (Å²) in [7, 11) is 1.59. The average Bonchev–Trinajstić information content (AvgIpc) is 2.89. The molecule has 0 saturated carbocycles. The molecule has 1 aromatic heterocycles. The van der Waals surface area contributed by atoms with Gasteiger partial charge in [0.1, 0.15) is 0 Å². The number of nitrogens with one attached hydrogen (secondary N) is 2. The minimum absolute atomic E-state index is 0.170. The number of H-pyrrole nitrogens is 1. The van der Waals surface area contributed by atoms with E-state index >= 15 is 0 Å². The Balaban J connectivity index is 2.27. The molecule has 0 saturated heterocycles. The van der Waals surface area contributed by atoms with E-state index in [1.54, 1.807) is 7.11 Å². The first-order valence-corrected chi connectivity index (χ1v) is 6.43. The number of nitrogens with zero attached hydrogens (tertiary/aromatic N) is 2. The van der Waals surface area contributed by atoms with Crippen LogP contribution in [0.25, 0.3) is 0 Å². The molecule has 0 aliphatic rings. The SMILES string of the molecule is COCCNC(N)=NCCC[C@H](N)C(=O)c1noc(=O)[nH]1. The molecular weight excluding hydrogens is 280 g/mol. The van der Waals surface area contributed by atoms with Crippen molar-refractivity contribution >= 4 is 11.7 Å². The van der Waals surface area contributed by atoms with E-state index in [0.717, 1.165) is 0 Å². The van der Waals surface area contributed by atoms with Crippen LogP contribution >= 0.6 is 0 Å². The van der Waals surface area contributed by atoms with E-state index in [2.05, 4.69) is 25.0 Å². The number of Topliss-reactive ketones (excluding diaryl/α,β-unsaturated/α-hetero) is 1. The molecule has 0 aromatic carbocycles. The van der Waals surface area contributed by atoms with Crippen LogP contribution in [0.2, 0.25) is 0 Å². The molecule has 1 rings (SSSR count). The van der Waals surface area contributed by atoms with Crippen LogP contribution in [0.4, 0.5) is 0 Å². The molecule has 0 aliphatic carbocycles. The number of ether oxygens (including phenoxy) is 1. The molecule has 6 N–H and O–H groups in total. The first kappa shape index (κ1) is 16.9. The second-order valence-corrected chi connectivity index (χ2v) is 4.24. The van der Waals surface area contributed by atoms with Crippen LogP contribution in [0.3, 0.4) is 0 Å². The molecule has 21 heavy (non-hydrogen) atoms. The molecule has 0 amide bonds. The van der Waals surface area contributed by atoms with Crippen molar-refractivity contribution < 1.29 is 14.1 Å². The smallest absolute Gasteiger partial charge is 0.383 e. The Labute approximate surface area is 120 Å². The van der Waals surface area contributed by atoms with Crippen LogP contribution in [-0.2, 0) is 4.74 Å². The molecule has 10 heteroatoms. The van der Waals surface area contributed by atoms with E-state index in [4.69, 9.17) is 16.2 Å². The van der Waals surface area contributed by atoms with E-state index in [0.29, 0.717) is 38.5 Å². The fourth-order valence-electron chi connectivity index (χ4n) is 1.49. The van der Waals surface area contributed by atoms with Crippen molar-refractivity contribution in [3.63, 3.8) is 0 Å². The monoisotopic (exact) mass is 300 g/mol. The summed E-state index contributed by atoms with van der Waals surface area (Å²) in [6, 6.07) is -0.774. The van der Waals surface area contributed by atoms with Gasteiger partial charge in [-0.1, -0.05) is 5.16 Å². The summed E-state index contributed by atoms with van der Waals surface area (Å²) in [4.78, 5) is 28.7. The second kappa shape index (κ2) is 8.87. The van der Waals surface area contributed by atoms with Gasteiger partial charge in [0.25, 0.3) is 0 Å². The molecule has 1 heterocycles. The van der Waals surface area contributed by atoms with Gasteiger partial charge in [0.05, 0.1) is 12.6 Å². The molecule has 0 bridgehead atoms. The number of carbonyl (C=O) groups is 1. The summed E-state index contributed by atoms with van der Waals surface area (Å²) < 4.78 is 9.10. The van der Waals surface area contributed by atoms with Gasteiger partial charge in [-0.25, -0.2) is 4.79 Å². The Kier molecular flexibility index (Phi) is 7.12. The van der Waals surface area contributed by atoms with Gasteiger partial charge in [-0.15, -0.1) is 0 Å². The molecule has 0 fully saturated rings. The zero-order chi connectivity index (χ0) is 15.7. The fourth-order valence-corrected chi connectivity index (χ4v) is 1.49. The summed E-state index contributed by atoms with van der Waals surface area (Å²) in [5.41, 5.74) is 11.3. The first-order chi connectivity index (χ1) is 10.0. The Morgan fingerprint density at radius 1 is 1.62 bits per heavy atom. The predicted molar refractivity (Wildman–Crippen MR) is 75.0 cm³/mol. The summed E-state index contributed by atoms with van der Waals surface area (Å²) in [6.07, 6.45) is 0.963. The van der Waals surface area contributed by atoms with Crippen LogP contribution < -0.4 is 22.5 Å². The molecule has 1 aromatic rings. The molecule has 1 atom stereocenters. The van der Waals surface area contributed by atoms with Crippen LogP contribution in [0.5, 0.6) is 0 Å². The van der Waals surface area contributed by atoms with Crippen molar-refractivity contribution in [2.24, 2.45) is 16.5 Å². The summed E-state index contributed by atoms with van der Waals surface area (Å²) in [5, 5.41) is 6.16. The van der Waals surface area contributed by atoms with Crippen molar-refractivity contribution in [2.75, 3.05) is 26.8 Å². The van der Waals surface area contributed by atoms with Crippen molar-refractivity contribution in [3.8, 4) is 0 Å². The predicted octanol–water partition coefficient (Wildman–Crippen LogP) is -1.80. The van der Waals surface area contributed by atoms with E-state index < -0.39 is 17.6 Å². The van der Waals surface area contributed by atoms with E-state index in [-0.39, 0.29) is 5.82 Å². The van der Waals surface area contributed by atoms with Gasteiger partial charge in [-0.05, 0) is 12.8 Å². The molecule has 0 radical (unpaired) electrons. The van der Waals surface area contributed by atoms with Crippen LogP contribution in [0, 0.1) is 0 Å². The highest BCUT2D eigenvalue weighted by molar-refractivity contribution is 5.96. The number of aliphatic imine (C=N–C) groups is 1. The van der Waals surface area contributed by atoms with Crippen molar-refractivity contribution in [1.82, 2.24) is 15.5 Å². The van der Waals surface area contributed by atoms with Crippen LogP contribution in [0.1, 0.15) is 23.5 Å². The third kappa shape index (κ3) is 6.19. The third-order valence-electron chi connectivity index (χ3n) is 2.58. The zero-order valence-corrected chi connectivity index (χ0v) is 11.8. The minimum Gasteiger partial charge on any atom is -0.383 e. The van der Waals surface area contributed by atoms with Gasteiger partial charge < -0.3 is 21.5 Å². The number of rotatable bonds is 9. The highest BCUT2D eigenvalue weighted by atomic mass is 16.5. The number of carbonyl (C=O) groups excluding carboxylic acids is 1. The second-order valence-electron chi connectivity index (χ2n) is 4.24. The van der Waals surface area contributed by atoms with Crippen LogP contribution in [-0.4, -0.2) is 54.7 Å². The Morgan fingerprint density at radius 3 is 3.00 bits per heavy atom. The number of hydrogen-bond acceptors (Lipinski definition) is 7. The normalized spacial score (nSPS) is 13.1. The van der Waals surface area contributed by atoms with Gasteiger partial charge in [0.15, 0.2) is 5.96 Å². The lowest BCUT2D eigenvalue weighted by Gasteiger charge is -2.07. The number of hydrogen-bond donors (Lipinski definition) is 4. The summed E-state index contributed by atoms with van der Waals surface area (Å²) in [6.45, 7) is 1.54. The van der Waals surface area contributed by atoms with Gasteiger partial charge in [0, 0.05) is 20.2 Å². The molecule has 0 spiro atoms. The first-order valence-electron chi connectivity index (χ1n) is 6.43. The number of aromatic nitrogens is 2. The average molecular weight is 300 g/mol. The molecule has 0 unspecified atom stereocenters. The maximum atomic E-state index is 11.8. The number of aromatic amines is 1. The highest BCUT2D eigenvalue weighted by Crippen LogP contribution is 2.01. The molecule has 0 aliphatic heterocycles.